The van der Waals surface area contributed by atoms with Crippen LogP contribution in [-0.2, 0) is 55.1 Å². The molecule has 33 nitrogen and oxygen atoms in total. The van der Waals surface area contributed by atoms with Crippen LogP contribution in [0.4, 0.5) is 11.1 Å². The summed E-state index contributed by atoms with van der Waals surface area (Å²) < 4.78 is 43.3. The van der Waals surface area contributed by atoms with Gasteiger partial charge >= 0.3 is 10.4 Å². The summed E-state index contributed by atoms with van der Waals surface area (Å²) >= 11 is 1.41. The van der Waals surface area contributed by atoms with Crippen LogP contribution in [0.2, 0.25) is 0 Å². The number of ether oxygens (including phenoxy) is 1. The van der Waals surface area contributed by atoms with Crippen LogP contribution in [0, 0.1) is 5.92 Å². The molecule has 2 aromatic carbocycles. The number of aliphatic hydroxyl groups excluding tert-OH is 6. The molecule has 5 aliphatic heterocycles. The summed E-state index contributed by atoms with van der Waals surface area (Å²) in [6, 6.07) is -0.470. The van der Waals surface area contributed by atoms with Crippen LogP contribution in [-0.4, -0.2) is 257 Å². The highest BCUT2D eigenvalue weighted by Gasteiger charge is 2.50. The van der Waals surface area contributed by atoms with Crippen LogP contribution in [0.5, 0.6) is 11.5 Å². The van der Waals surface area contributed by atoms with E-state index in [-0.39, 0.29) is 18.2 Å². The van der Waals surface area contributed by atoms with E-state index >= 15 is 0 Å². The molecule has 0 unspecified atom stereocenters. The van der Waals surface area contributed by atoms with Gasteiger partial charge in [0.15, 0.2) is 11.5 Å². The molecule has 7 heterocycles. The summed E-state index contributed by atoms with van der Waals surface area (Å²) in [6.07, 6.45) is 1.35. The Balaban J connectivity index is 0.839. The maximum absolute atomic E-state index is 14.7. The number of nitrogens with zero attached hydrogens (tertiary/aromatic N) is 8. The van der Waals surface area contributed by atoms with Gasteiger partial charge in [-0.25, -0.2) is 9.97 Å². The molecule has 2 aromatic heterocycles. The highest BCUT2D eigenvalue weighted by atomic mass is 32.3. The maximum Gasteiger partial charge on any atom is 0.446 e. The van der Waals surface area contributed by atoms with Crippen molar-refractivity contribution in [1.29, 1.82) is 0 Å². The lowest BCUT2D eigenvalue weighted by Gasteiger charge is -2.34. The third-order valence-corrected chi connectivity index (χ3v) is 20.3. The molecule has 99 heavy (non-hydrogen) atoms. The third-order valence-electron chi connectivity index (χ3n) is 18.8. The molecule has 0 spiro atoms. The quantitative estimate of drug-likeness (QED) is 0.0368. The van der Waals surface area contributed by atoms with E-state index in [0.29, 0.717) is 41.7 Å². The molecule has 0 radical (unpaired) electrons. The van der Waals surface area contributed by atoms with Crippen molar-refractivity contribution in [2.24, 2.45) is 11.7 Å². The predicted octanol–water partition coefficient (Wildman–Crippen LogP) is -2.31. The topological polar surface area (TPSA) is 485 Å². The highest BCUT2D eigenvalue weighted by Crippen LogP contribution is 2.34. The minimum Gasteiger partial charge on any atom is -0.504 e. The van der Waals surface area contributed by atoms with E-state index in [0.717, 1.165) is 89.0 Å². The fourth-order valence-corrected chi connectivity index (χ4v) is 14.6. The monoisotopic (exact) mass is 1420 g/mol. The van der Waals surface area contributed by atoms with Crippen molar-refractivity contribution in [1.82, 2.24) is 56.5 Å². The molecule has 35 heteroatoms. The Bertz CT molecular complexity index is 3690. The number of fused-ring (bicyclic) bond motifs is 2. The second-order valence-electron chi connectivity index (χ2n) is 26.3. The van der Waals surface area contributed by atoms with Crippen molar-refractivity contribution in [3.05, 3.63) is 72.1 Å². The molecule has 1 saturated carbocycles. The number of nitrogens with two attached hydrogens (primary N) is 1. The smallest absolute Gasteiger partial charge is 0.446 e. The van der Waals surface area contributed by atoms with Crippen LogP contribution >= 0.6 is 11.3 Å². The minimum atomic E-state index is -5.23. The zero-order valence-electron chi connectivity index (χ0n) is 54.6. The Morgan fingerprint density at radius 3 is 2.09 bits per heavy atom. The number of aromatic nitrogens is 4. The summed E-state index contributed by atoms with van der Waals surface area (Å²) in [5.74, 6) is -10.1. The van der Waals surface area contributed by atoms with Gasteiger partial charge in [-0.15, -0.1) is 10.2 Å². The lowest BCUT2D eigenvalue weighted by Crippen LogP contribution is -2.64. The van der Waals surface area contributed by atoms with E-state index in [9.17, 15) is 82.3 Å². The average molecular weight is 1420 g/mol. The fourth-order valence-electron chi connectivity index (χ4n) is 13.4. The predicted molar refractivity (Wildman–Crippen MR) is 354 cm³/mol. The largest absolute Gasteiger partial charge is 0.504 e. The zero-order chi connectivity index (χ0) is 71.0. The molecule has 538 valence electrons. The van der Waals surface area contributed by atoms with Crippen molar-refractivity contribution in [3.63, 3.8) is 0 Å². The number of primary amides is 1. The van der Waals surface area contributed by atoms with Gasteiger partial charge in [-0.3, -0.25) is 38.1 Å². The van der Waals surface area contributed by atoms with Crippen LogP contribution < -0.4 is 46.3 Å². The molecule has 4 aromatic rings. The SMILES string of the molecule is C[C@@H](O)[C@@H]1NC(=O)[C@@H](NCC2=CCN(c3nnc(-c4ccc(-c5cnc(N6CCC(OC7CCCCC7)CC6)nc5)cc4)s3)CC2)C[C@@H](O)CNC(=O)[C@@H]2[C@@H](O)[C@@H](C)CN2C(=O)[C@H]([C@H](O)CC(N)=O)NC(=O)[C@H]([C@H](O)Cc2ccc(O)c(OS(=O)(=O)O)c2)NC(=O)[C@@H]2C[C@@H](O)CN2C1=O. The number of hydrogen-bond donors (Lipinski definition) is 14. The Kier molecular flexibility index (Phi) is 24.2. The highest BCUT2D eigenvalue weighted by molar-refractivity contribution is 7.81. The summed E-state index contributed by atoms with van der Waals surface area (Å²) in [5.41, 5.74) is 8.80. The molecule has 6 aliphatic rings. The zero-order valence-corrected chi connectivity index (χ0v) is 56.2. The van der Waals surface area contributed by atoms with Crippen molar-refractivity contribution >= 4 is 74.2 Å². The van der Waals surface area contributed by atoms with Gasteiger partial charge in [-0.05, 0) is 68.7 Å². The first kappa shape index (κ1) is 73.6. The van der Waals surface area contributed by atoms with Crippen LogP contribution in [0.1, 0.15) is 90.0 Å². The Morgan fingerprint density at radius 1 is 0.758 bits per heavy atom. The maximum atomic E-state index is 14.7. The van der Waals surface area contributed by atoms with E-state index < -0.39 is 187 Å². The minimum absolute atomic E-state index is 0.0484. The van der Waals surface area contributed by atoms with Crippen molar-refractivity contribution in [2.45, 2.75) is 176 Å². The Morgan fingerprint density at radius 2 is 1.42 bits per heavy atom. The number of anilines is 2. The van der Waals surface area contributed by atoms with Gasteiger partial charge in [-0.2, -0.15) is 8.42 Å². The first-order valence-corrected chi connectivity index (χ1v) is 35.3. The van der Waals surface area contributed by atoms with Crippen LogP contribution in [0.25, 0.3) is 21.7 Å². The van der Waals surface area contributed by atoms with Crippen LogP contribution in [0.3, 0.4) is 0 Å². The number of rotatable bonds is 18. The lowest BCUT2D eigenvalue weighted by molar-refractivity contribution is -0.147. The normalized spacial score (nSPS) is 27.2. The van der Waals surface area contributed by atoms with Crippen LogP contribution in [0.15, 0.2) is 66.5 Å². The molecule has 15 N–H and O–H groups in total. The molecule has 1 aliphatic carbocycles. The molecule has 5 fully saturated rings. The molecule has 13 atom stereocenters. The van der Waals surface area contributed by atoms with Crippen molar-refractivity contribution < 1.29 is 91.2 Å². The van der Waals surface area contributed by atoms with Gasteiger partial charge in [0, 0.05) is 94.6 Å². The van der Waals surface area contributed by atoms with Gasteiger partial charge in [0.25, 0.3) is 0 Å². The number of phenolic OH excluding ortho intramolecular Hbond substituents is 1. The van der Waals surface area contributed by atoms with Gasteiger partial charge in [0.1, 0.15) is 35.2 Å². The Labute approximate surface area is 574 Å². The summed E-state index contributed by atoms with van der Waals surface area (Å²) in [4.78, 5) is 115. The number of amides is 7. The fraction of sp³-hybridized carbons (Fsp3) is 0.578. The number of phenols is 1. The first-order valence-electron chi connectivity index (χ1n) is 33.1. The third kappa shape index (κ3) is 18.7. The van der Waals surface area contributed by atoms with Crippen molar-refractivity contribution in [3.8, 4) is 33.2 Å². The van der Waals surface area contributed by atoms with E-state index in [1.165, 1.54) is 44.4 Å². The first-order chi connectivity index (χ1) is 47.2. The number of hydrogen-bond acceptors (Lipinski definition) is 26. The standard InChI is InChI=1S/C64H86N14O19S2/c1-33-31-78-54(55(33)86)59(90)67-30-40(80)24-44(66-27-35-14-18-76(19-15-35)64-74-73-60(98-64)38-11-9-37(10-12-38)39-28-68-63(69-29-39)75-20-16-43(17-21-75)96-42-6-4-3-5-7-42)56(87)70-51(34(2)79)61(91)77-32-41(81)25-45(77)57(88)71-52(58(89)72-53(62(78)92)48(84)26-50(65)85)47(83)22-36-8-13-46(82)49(23-36)97-99(93,94)95/h8-14,23,28-29,33-34,40-45,47-48,51-55,66,79-84,86H,3-7,15-22,24-27,30-32H2,1-2H3,(H2,65,85)(H,67,90)(H,70,87)(H,71,88)(H,72,89)(H,93,94,95)/t33-,34+,40+,41+,44-,45-,47+,48+,51-,52-,53-,54-,55-/m0/s1. The number of piperidine rings is 1. The summed E-state index contributed by atoms with van der Waals surface area (Å²) in [5, 5.41) is 102. The van der Waals surface area contributed by atoms with E-state index in [1.807, 2.05) is 47.6 Å². The number of β-amino-alcohol motifs (C(OH)–C–C–N with tert-alkyl or cyclic N) is 1. The molecule has 4 saturated heterocycles. The summed E-state index contributed by atoms with van der Waals surface area (Å²) in [7, 11) is -5.23. The van der Waals surface area contributed by atoms with Gasteiger partial charge < -0.3 is 96.6 Å². The average Bonchev–Trinajstić information content (AvgIpc) is 1.44. The van der Waals surface area contributed by atoms with E-state index in [1.54, 1.807) is 0 Å². The van der Waals surface area contributed by atoms with Gasteiger partial charge in [-0.1, -0.05) is 79.5 Å². The molecule has 0 bridgehead atoms. The molecule has 7 amide bonds. The second kappa shape index (κ2) is 32.5. The Hall–Kier alpha value is -8.10. The number of aromatic hydroxyl groups is 1. The molecular formula is C64H86N14O19S2. The number of aliphatic hydroxyl groups is 6. The number of nitrogens with one attached hydrogen (secondary N) is 5. The van der Waals surface area contributed by atoms with E-state index in [2.05, 4.69) is 45.9 Å². The lowest BCUT2D eigenvalue weighted by atomic mass is 9.97. The molecule has 10 rings (SSSR count). The number of carbonyl (C=O) groups is 7. The van der Waals surface area contributed by atoms with E-state index in [4.69, 9.17) is 20.4 Å². The van der Waals surface area contributed by atoms with Crippen molar-refractivity contribution in [2.75, 3.05) is 62.2 Å². The second-order valence-corrected chi connectivity index (χ2v) is 28.2. The van der Waals surface area contributed by atoms with Gasteiger partial charge in [0.2, 0.25) is 52.4 Å². The number of carbonyl (C=O) groups excluding carboxylic acids is 7. The number of benzene rings is 2. The van der Waals surface area contributed by atoms with Gasteiger partial charge in [0.05, 0.1) is 61.3 Å². The molecular weight excluding hydrogens is 1330 g/mol. The summed E-state index contributed by atoms with van der Waals surface area (Å²) in [6.45, 7) is 3.68.